The van der Waals surface area contributed by atoms with Crippen LogP contribution < -0.4 is 5.32 Å². The van der Waals surface area contributed by atoms with Crippen molar-refractivity contribution in [2.45, 2.75) is 12.0 Å². The number of urea groups is 1. The minimum absolute atomic E-state index is 0.182. The van der Waals surface area contributed by atoms with Crippen molar-refractivity contribution in [2.75, 3.05) is 0 Å². The van der Waals surface area contributed by atoms with Crippen molar-refractivity contribution >= 4 is 33.9 Å². The molecule has 5 nitrogen and oxygen atoms in total. The first-order valence-electron chi connectivity index (χ1n) is 5.11. The molecule has 1 fully saturated rings. The zero-order valence-corrected chi connectivity index (χ0v) is 10.5. The number of hydrogen-bond donors (Lipinski definition) is 1. The maximum Gasteiger partial charge on any atom is 0.335 e. The molecule has 1 heterocycles. The molecule has 0 bridgehead atoms. The van der Waals surface area contributed by atoms with Gasteiger partial charge < -0.3 is 5.32 Å². The Morgan fingerprint density at radius 2 is 2.06 bits per heavy atom. The molecule has 1 atom stereocenters. The standard InChI is InChI=1S/C11H6BrFN2O3/c12-15-9(17)11(14-10(15)18)4-8(16)6-2-1-5(13)3-7(6)11/h1-3H,4H2,(H,14,18). The zero-order valence-electron chi connectivity index (χ0n) is 8.87. The van der Waals surface area contributed by atoms with Crippen LogP contribution in [0.2, 0.25) is 0 Å². The minimum Gasteiger partial charge on any atom is -0.318 e. The summed E-state index contributed by atoms with van der Waals surface area (Å²) in [5.41, 5.74) is -0.976. The third kappa shape index (κ3) is 1.22. The van der Waals surface area contributed by atoms with Crippen molar-refractivity contribution in [1.29, 1.82) is 0 Å². The number of Topliss-reactive ketones (excluding diaryl/α,β-unsaturated/α-hetero) is 1. The molecule has 1 aliphatic carbocycles. The van der Waals surface area contributed by atoms with E-state index in [4.69, 9.17) is 0 Å². The van der Waals surface area contributed by atoms with Gasteiger partial charge in [-0.05, 0) is 18.2 Å². The van der Waals surface area contributed by atoms with Crippen LogP contribution in [-0.4, -0.2) is 21.6 Å². The Kier molecular flexibility index (Phi) is 2.13. The first kappa shape index (κ1) is 11.3. The first-order valence-corrected chi connectivity index (χ1v) is 5.82. The SMILES string of the molecule is O=C1CC2(NC(=O)N(Br)C2=O)c2cc(F)ccc21. The minimum atomic E-state index is -1.46. The number of halogens is 2. The number of rotatable bonds is 0. The number of fused-ring (bicyclic) bond motifs is 2. The predicted molar refractivity (Wildman–Crippen MR) is 61.3 cm³/mol. The van der Waals surface area contributed by atoms with E-state index < -0.39 is 23.3 Å². The van der Waals surface area contributed by atoms with Crippen molar-refractivity contribution in [3.05, 3.63) is 35.1 Å². The highest BCUT2D eigenvalue weighted by Crippen LogP contribution is 2.42. The second-order valence-electron chi connectivity index (χ2n) is 4.21. The van der Waals surface area contributed by atoms with Gasteiger partial charge in [-0.2, -0.15) is 3.93 Å². The first-order chi connectivity index (χ1) is 8.45. The second-order valence-corrected chi connectivity index (χ2v) is 4.92. The summed E-state index contributed by atoms with van der Waals surface area (Å²) in [7, 11) is 0. The number of benzene rings is 1. The lowest BCUT2D eigenvalue weighted by Gasteiger charge is -2.20. The van der Waals surface area contributed by atoms with Gasteiger partial charge in [-0.3, -0.25) is 9.59 Å². The van der Waals surface area contributed by atoms with E-state index in [9.17, 15) is 18.8 Å². The summed E-state index contributed by atoms with van der Waals surface area (Å²) in [6.45, 7) is 0. The number of carbonyl (C=O) groups excluding carboxylic acids is 3. The van der Waals surface area contributed by atoms with Crippen LogP contribution in [-0.2, 0) is 10.3 Å². The van der Waals surface area contributed by atoms with Gasteiger partial charge in [-0.1, -0.05) is 0 Å². The highest BCUT2D eigenvalue weighted by Gasteiger charge is 2.57. The van der Waals surface area contributed by atoms with Gasteiger partial charge in [-0.25, -0.2) is 9.18 Å². The molecule has 1 saturated heterocycles. The molecule has 0 radical (unpaired) electrons. The van der Waals surface area contributed by atoms with Gasteiger partial charge in [0.05, 0.1) is 16.1 Å². The third-order valence-corrected chi connectivity index (χ3v) is 3.85. The Morgan fingerprint density at radius 1 is 1.33 bits per heavy atom. The Labute approximate surface area is 109 Å². The fourth-order valence-electron chi connectivity index (χ4n) is 2.39. The molecule has 0 aromatic heterocycles. The van der Waals surface area contributed by atoms with Gasteiger partial charge in [0.2, 0.25) is 0 Å². The van der Waals surface area contributed by atoms with Crippen LogP contribution in [0.4, 0.5) is 9.18 Å². The van der Waals surface area contributed by atoms with Gasteiger partial charge in [0, 0.05) is 17.5 Å². The fourth-order valence-corrected chi connectivity index (χ4v) is 2.78. The van der Waals surface area contributed by atoms with Crippen LogP contribution in [0.15, 0.2) is 18.2 Å². The molecule has 0 saturated carbocycles. The predicted octanol–water partition coefficient (Wildman–Crippen LogP) is 1.47. The van der Waals surface area contributed by atoms with Crippen LogP contribution in [0.1, 0.15) is 22.3 Å². The lowest BCUT2D eigenvalue weighted by atomic mass is 9.92. The van der Waals surface area contributed by atoms with E-state index in [1.807, 2.05) is 0 Å². The fraction of sp³-hybridized carbons (Fsp3) is 0.182. The number of nitrogens with one attached hydrogen (secondary N) is 1. The van der Waals surface area contributed by atoms with E-state index in [0.717, 1.165) is 16.1 Å². The Morgan fingerprint density at radius 3 is 2.67 bits per heavy atom. The largest absolute Gasteiger partial charge is 0.335 e. The molecule has 18 heavy (non-hydrogen) atoms. The monoisotopic (exact) mass is 312 g/mol. The van der Waals surface area contributed by atoms with Crippen LogP contribution >= 0.6 is 16.1 Å². The molecule has 92 valence electrons. The van der Waals surface area contributed by atoms with Gasteiger partial charge in [-0.15, -0.1) is 0 Å². The quantitative estimate of drug-likeness (QED) is 0.583. The highest BCUT2D eigenvalue weighted by atomic mass is 79.9. The molecule has 1 unspecified atom stereocenters. The Bertz CT molecular complexity index is 614. The average Bonchev–Trinajstić information content (AvgIpc) is 2.71. The smallest absolute Gasteiger partial charge is 0.318 e. The van der Waals surface area contributed by atoms with Crippen molar-refractivity contribution < 1.29 is 18.8 Å². The van der Waals surface area contributed by atoms with E-state index in [1.165, 1.54) is 6.07 Å². The van der Waals surface area contributed by atoms with E-state index in [0.29, 0.717) is 0 Å². The van der Waals surface area contributed by atoms with Crippen molar-refractivity contribution in [3.8, 4) is 0 Å². The van der Waals surface area contributed by atoms with Gasteiger partial charge in [0.1, 0.15) is 5.82 Å². The molecule has 3 amide bonds. The Balaban J connectivity index is 2.24. The van der Waals surface area contributed by atoms with Gasteiger partial charge in [0.25, 0.3) is 5.91 Å². The summed E-state index contributed by atoms with van der Waals surface area (Å²) in [4.78, 5) is 35.4. The van der Waals surface area contributed by atoms with Crippen LogP contribution in [0.3, 0.4) is 0 Å². The molecule has 1 N–H and O–H groups in total. The van der Waals surface area contributed by atoms with E-state index in [-0.39, 0.29) is 23.3 Å². The summed E-state index contributed by atoms with van der Waals surface area (Å²) < 4.78 is 14.0. The number of amides is 3. The van der Waals surface area contributed by atoms with Crippen LogP contribution in [0.25, 0.3) is 0 Å². The lowest BCUT2D eigenvalue weighted by Crippen LogP contribution is -2.41. The molecule has 7 heteroatoms. The summed E-state index contributed by atoms with van der Waals surface area (Å²) >= 11 is 2.81. The number of imide groups is 1. The van der Waals surface area contributed by atoms with E-state index in [1.54, 1.807) is 0 Å². The molecular formula is C11H6BrFN2O3. The Hall–Kier alpha value is -1.76. The maximum absolute atomic E-state index is 13.3. The summed E-state index contributed by atoms with van der Waals surface area (Å²) in [6, 6.07) is 2.94. The maximum atomic E-state index is 13.3. The molecule has 1 aromatic carbocycles. The molecule has 1 aromatic rings. The lowest BCUT2D eigenvalue weighted by molar-refractivity contribution is -0.127. The van der Waals surface area contributed by atoms with Gasteiger partial charge in [0.15, 0.2) is 11.3 Å². The molecule has 1 spiro atoms. The molecule has 1 aliphatic heterocycles. The summed E-state index contributed by atoms with van der Waals surface area (Å²) in [5.74, 6) is -1.45. The topological polar surface area (TPSA) is 66.5 Å². The number of nitrogens with zero attached hydrogens (tertiary/aromatic N) is 1. The number of ketones is 1. The van der Waals surface area contributed by atoms with E-state index in [2.05, 4.69) is 21.5 Å². The average molecular weight is 313 g/mol. The van der Waals surface area contributed by atoms with E-state index >= 15 is 0 Å². The molecule has 2 aliphatic rings. The highest BCUT2D eigenvalue weighted by molar-refractivity contribution is 9.08. The van der Waals surface area contributed by atoms with Gasteiger partial charge >= 0.3 is 6.03 Å². The van der Waals surface area contributed by atoms with Crippen molar-refractivity contribution in [2.24, 2.45) is 0 Å². The third-order valence-electron chi connectivity index (χ3n) is 3.21. The van der Waals surface area contributed by atoms with Crippen molar-refractivity contribution in [1.82, 2.24) is 9.24 Å². The van der Waals surface area contributed by atoms with Crippen LogP contribution in [0, 0.1) is 5.82 Å². The summed E-state index contributed by atoms with van der Waals surface area (Å²) in [6.07, 6.45) is -0.182. The second kappa shape index (κ2) is 3.38. The number of hydrogen-bond acceptors (Lipinski definition) is 3. The van der Waals surface area contributed by atoms with Crippen LogP contribution in [0.5, 0.6) is 0 Å². The summed E-state index contributed by atoms with van der Waals surface area (Å²) in [5, 5.41) is 2.45. The molecule has 3 rings (SSSR count). The zero-order chi connectivity index (χ0) is 13.1. The number of carbonyl (C=O) groups is 3. The normalized spacial score (nSPS) is 25.9. The molecular weight excluding hydrogens is 307 g/mol. The van der Waals surface area contributed by atoms with Crippen molar-refractivity contribution in [3.63, 3.8) is 0 Å².